The molecule has 0 aliphatic carbocycles. The first-order valence-corrected chi connectivity index (χ1v) is 9.49. The van der Waals surface area contributed by atoms with Crippen molar-refractivity contribution in [3.8, 4) is 11.5 Å². The fourth-order valence-electron chi connectivity index (χ4n) is 4.35. The Bertz CT molecular complexity index is 659. The fraction of sp³-hybridized carbons (Fsp3) is 0.650. The fourth-order valence-corrected chi connectivity index (χ4v) is 4.35. The lowest BCUT2D eigenvalue weighted by atomic mass is 9.81. The number of aliphatic hydroxyl groups excluding tert-OH is 1. The van der Waals surface area contributed by atoms with Crippen LogP contribution in [0.4, 0.5) is 0 Å². The van der Waals surface area contributed by atoms with Gasteiger partial charge in [0.1, 0.15) is 0 Å². The van der Waals surface area contributed by atoms with E-state index in [1.54, 1.807) is 14.2 Å². The van der Waals surface area contributed by atoms with Gasteiger partial charge in [0.2, 0.25) is 5.91 Å². The first-order valence-electron chi connectivity index (χ1n) is 9.49. The Balaban J connectivity index is 1.85. The second-order valence-corrected chi connectivity index (χ2v) is 7.09. The zero-order valence-corrected chi connectivity index (χ0v) is 16.2. The molecule has 1 saturated heterocycles. The lowest BCUT2D eigenvalue weighted by Crippen LogP contribution is -2.53. The standard InChI is InChI=1S/C20H30N2O4/c1-5-21(6-2)20(24)15-12-22-8-7-13-9-18(25-3)19(26-4)10-14(13)16(22)11-17(15)23/h9-10,15-17,23H,5-8,11-12H2,1-4H3/t15-,16-,17+/m1/s1. The van der Waals surface area contributed by atoms with E-state index >= 15 is 0 Å². The maximum atomic E-state index is 12.8. The number of amides is 1. The number of carbonyl (C=O) groups is 1. The molecule has 3 atom stereocenters. The number of nitrogens with zero attached hydrogens (tertiary/aromatic N) is 2. The number of benzene rings is 1. The zero-order chi connectivity index (χ0) is 18.8. The molecule has 1 aromatic rings. The van der Waals surface area contributed by atoms with E-state index in [0.29, 0.717) is 31.8 Å². The molecule has 26 heavy (non-hydrogen) atoms. The predicted molar refractivity (Wildman–Crippen MR) is 99.6 cm³/mol. The number of hydrogen-bond acceptors (Lipinski definition) is 5. The first-order chi connectivity index (χ1) is 12.5. The van der Waals surface area contributed by atoms with Crippen LogP contribution in [0.5, 0.6) is 11.5 Å². The molecule has 1 amide bonds. The van der Waals surface area contributed by atoms with Gasteiger partial charge in [-0.3, -0.25) is 9.69 Å². The molecule has 0 aromatic heterocycles. The van der Waals surface area contributed by atoms with Crippen molar-refractivity contribution in [1.29, 1.82) is 0 Å². The van der Waals surface area contributed by atoms with Crippen LogP contribution in [0, 0.1) is 5.92 Å². The molecule has 0 bridgehead atoms. The van der Waals surface area contributed by atoms with Gasteiger partial charge in [-0.2, -0.15) is 0 Å². The Hall–Kier alpha value is -1.79. The minimum Gasteiger partial charge on any atom is -0.493 e. The number of methoxy groups -OCH3 is 2. The van der Waals surface area contributed by atoms with E-state index < -0.39 is 6.10 Å². The molecule has 0 spiro atoms. The molecule has 0 radical (unpaired) electrons. The van der Waals surface area contributed by atoms with Crippen molar-refractivity contribution in [2.45, 2.75) is 38.8 Å². The minimum absolute atomic E-state index is 0.0686. The molecule has 1 aromatic carbocycles. The summed E-state index contributed by atoms with van der Waals surface area (Å²) in [6.07, 6.45) is 0.859. The van der Waals surface area contributed by atoms with Crippen LogP contribution in [0.25, 0.3) is 0 Å². The van der Waals surface area contributed by atoms with Crippen LogP contribution in [0.15, 0.2) is 12.1 Å². The van der Waals surface area contributed by atoms with Gasteiger partial charge in [-0.05, 0) is 49.9 Å². The van der Waals surface area contributed by atoms with Gasteiger partial charge >= 0.3 is 0 Å². The van der Waals surface area contributed by atoms with E-state index in [1.807, 2.05) is 30.9 Å². The summed E-state index contributed by atoms with van der Waals surface area (Å²) in [5, 5.41) is 10.7. The third-order valence-corrected chi connectivity index (χ3v) is 5.87. The Morgan fingerprint density at radius 2 is 1.88 bits per heavy atom. The van der Waals surface area contributed by atoms with Crippen molar-refractivity contribution >= 4 is 5.91 Å². The van der Waals surface area contributed by atoms with Crippen molar-refractivity contribution in [3.05, 3.63) is 23.3 Å². The van der Waals surface area contributed by atoms with Crippen LogP contribution in [-0.2, 0) is 11.2 Å². The molecule has 0 saturated carbocycles. The normalized spacial score (nSPS) is 25.2. The van der Waals surface area contributed by atoms with Gasteiger partial charge in [0, 0.05) is 32.2 Å². The van der Waals surface area contributed by atoms with E-state index in [2.05, 4.69) is 4.90 Å². The maximum absolute atomic E-state index is 12.8. The van der Waals surface area contributed by atoms with E-state index in [1.165, 1.54) is 11.1 Å². The van der Waals surface area contributed by atoms with Crippen molar-refractivity contribution in [3.63, 3.8) is 0 Å². The lowest BCUT2D eigenvalue weighted by Gasteiger charge is -2.46. The summed E-state index contributed by atoms with van der Waals surface area (Å²) < 4.78 is 10.9. The summed E-state index contributed by atoms with van der Waals surface area (Å²) in [7, 11) is 3.28. The molecular weight excluding hydrogens is 332 g/mol. The number of carbonyl (C=O) groups excluding carboxylic acids is 1. The predicted octanol–water partition coefficient (Wildman–Crippen LogP) is 1.85. The highest BCUT2D eigenvalue weighted by Crippen LogP contribution is 2.43. The van der Waals surface area contributed by atoms with E-state index in [-0.39, 0.29) is 17.9 Å². The third kappa shape index (κ3) is 3.28. The van der Waals surface area contributed by atoms with Crippen LogP contribution in [-0.4, -0.2) is 67.3 Å². The molecule has 1 N–H and O–H groups in total. The first kappa shape index (κ1) is 19.0. The van der Waals surface area contributed by atoms with E-state index in [4.69, 9.17) is 9.47 Å². The van der Waals surface area contributed by atoms with Gasteiger partial charge in [0.25, 0.3) is 0 Å². The van der Waals surface area contributed by atoms with Crippen molar-refractivity contribution in [2.75, 3.05) is 40.4 Å². The SMILES string of the molecule is CCN(CC)C(=O)[C@@H]1CN2CCc3cc(OC)c(OC)cc3[C@H]2C[C@@H]1O. The summed E-state index contributed by atoms with van der Waals surface area (Å²) in [6, 6.07) is 4.20. The van der Waals surface area contributed by atoms with Gasteiger partial charge in [-0.15, -0.1) is 0 Å². The quantitative estimate of drug-likeness (QED) is 0.866. The third-order valence-electron chi connectivity index (χ3n) is 5.87. The topological polar surface area (TPSA) is 62.2 Å². The van der Waals surface area contributed by atoms with Crippen LogP contribution in [0.1, 0.15) is 37.4 Å². The molecule has 2 aliphatic rings. The Morgan fingerprint density at radius 1 is 1.23 bits per heavy atom. The number of rotatable bonds is 5. The highest BCUT2D eigenvalue weighted by molar-refractivity contribution is 5.80. The average Bonchev–Trinajstić information content (AvgIpc) is 2.67. The van der Waals surface area contributed by atoms with Crippen molar-refractivity contribution in [1.82, 2.24) is 9.80 Å². The van der Waals surface area contributed by atoms with Crippen LogP contribution in [0.2, 0.25) is 0 Å². The number of hydrogen-bond donors (Lipinski definition) is 1. The number of aliphatic hydroxyl groups is 1. The summed E-state index contributed by atoms with van der Waals surface area (Å²) in [5.74, 6) is 1.18. The van der Waals surface area contributed by atoms with Crippen molar-refractivity contribution < 1.29 is 19.4 Å². The summed E-state index contributed by atoms with van der Waals surface area (Å²) >= 11 is 0. The monoisotopic (exact) mass is 362 g/mol. The molecule has 6 heteroatoms. The molecule has 6 nitrogen and oxygen atoms in total. The van der Waals surface area contributed by atoms with Gasteiger partial charge in [-0.1, -0.05) is 0 Å². The molecule has 144 valence electrons. The summed E-state index contributed by atoms with van der Waals surface area (Å²) in [6.45, 7) is 6.83. The Kier molecular flexibility index (Phi) is 5.73. The van der Waals surface area contributed by atoms with Gasteiger partial charge in [0.05, 0.1) is 26.2 Å². The maximum Gasteiger partial charge on any atom is 0.229 e. The average molecular weight is 362 g/mol. The molecule has 3 rings (SSSR count). The second kappa shape index (κ2) is 7.84. The second-order valence-electron chi connectivity index (χ2n) is 7.09. The van der Waals surface area contributed by atoms with Crippen LogP contribution < -0.4 is 9.47 Å². The Labute approximate surface area is 155 Å². The minimum atomic E-state index is -0.622. The number of ether oxygens (including phenoxy) is 2. The zero-order valence-electron chi connectivity index (χ0n) is 16.2. The lowest BCUT2D eigenvalue weighted by molar-refractivity contribution is -0.144. The number of piperidine rings is 1. The van der Waals surface area contributed by atoms with E-state index in [9.17, 15) is 9.90 Å². The largest absolute Gasteiger partial charge is 0.493 e. The van der Waals surface area contributed by atoms with Crippen LogP contribution >= 0.6 is 0 Å². The van der Waals surface area contributed by atoms with Crippen LogP contribution in [0.3, 0.4) is 0 Å². The highest BCUT2D eigenvalue weighted by atomic mass is 16.5. The molecule has 1 fully saturated rings. The van der Waals surface area contributed by atoms with Crippen molar-refractivity contribution in [2.24, 2.45) is 5.92 Å². The molecule has 2 aliphatic heterocycles. The smallest absolute Gasteiger partial charge is 0.229 e. The number of fused-ring (bicyclic) bond motifs is 3. The molecule has 0 unspecified atom stereocenters. The van der Waals surface area contributed by atoms with Gasteiger partial charge < -0.3 is 19.5 Å². The summed E-state index contributed by atoms with van der Waals surface area (Å²) in [4.78, 5) is 16.9. The Morgan fingerprint density at radius 3 is 2.50 bits per heavy atom. The van der Waals surface area contributed by atoms with Gasteiger partial charge in [0.15, 0.2) is 11.5 Å². The molecule has 2 heterocycles. The molecular formula is C20H30N2O4. The summed E-state index contributed by atoms with van der Waals surface area (Å²) in [5.41, 5.74) is 2.42. The van der Waals surface area contributed by atoms with Gasteiger partial charge in [-0.25, -0.2) is 0 Å². The highest BCUT2D eigenvalue weighted by Gasteiger charge is 2.42. The van der Waals surface area contributed by atoms with E-state index in [0.717, 1.165) is 18.7 Å².